The third-order valence-corrected chi connectivity index (χ3v) is 5.39. The molecule has 1 N–H and O–H groups in total. The second-order valence-electron chi connectivity index (χ2n) is 6.58. The molecule has 0 aliphatic carbocycles. The average molecular weight is 421 g/mol. The van der Waals surface area contributed by atoms with Crippen LogP contribution in [0, 0.1) is 6.92 Å². The van der Waals surface area contributed by atoms with E-state index in [0.29, 0.717) is 38.8 Å². The van der Waals surface area contributed by atoms with Gasteiger partial charge >= 0.3 is 0 Å². The van der Waals surface area contributed by atoms with Gasteiger partial charge in [-0.3, -0.25) is 4.79 Å². The number of oxazole rings is 1. The van der Waals surface area contributed by atoms with E-state index >= 15 is 0 Å². The van der Waals surface area contributed by atoms with Crippen molar-refractivity contribution in [3.63, 3.8) is 0 Å². The molecule has 0 spiro atoms. The Morgan fingerprint density at radius 1 is 1.00 bits per heavy atom. The summed E-state index contributed by atoms with van der Waals surface area (Å²) in [5.74, 6) is 0.247. The Labute approximate surface area is 174 Å². The molecule has 29 heavy (non-hydrogen) atoms. The molecule has 142 valence electrons. The first-order valence-electron chi connectivity index (χ1n) is 8.78. The van der Waals surface area contributed by atoms with Crippen LogP contribution in [0.5, 0.6) is 0 Å². The zero-order chi connectivity index (χ0) is 20.0. The minimum Gasteiger partial charge on any atom is -0.436 e. The number of benzene rings is 3. The zero-order valence-corrected chi connectivity index (χ0v) is 16.7. The summed E-state index contributed by atoms with van der Waals surface area (Å²) in [6.07, 6.45) is 0. The Hall–Kier alpha value is -3.29. The van der Waals surface area contributed by atoms with Gasteiger partial charge in [-0.2, -0.15) is 8.75 Å². The molecule has 0 bridgehead atoms. The van der Waals surface area contributed by atoms with Gasteiger partial charge in [-0.05, 0) is 61.0 Å². The van der Waals surface area contributed by atoms with Gasteiger partial charge in [-0.1, -0.05) is 17.7 Å². The van der Waals surface area contributed by atoms with Gasteiger partial charge < -0.3 is 9.73 Å². The molecule has 0 fully saturated rings. The first kappa shape index (κ1) is 17.8. The number of nitrogens with zero attached hydrogens (tertiary/aromatic N) is 3. The number of hydrogen-bond acceptors (Lipinski definition) is 6. The minimum atomic E-state index is -0.218. The molecule has 0 aliphatic heterocycles. The maximum Gasteiger partial charge on any atom is 0.255 e. The van der Waals surface area contributed by atoms with Gasteiger partial charge in [0.15, 0.2) is 5.58 Å². The number of nitrogens with one attached hydrogen (secondary N) is 1. The predicted molar refractivity (Wildman–Crippen MR) is 115 cm³/mol. The Bertz CT molecular complexity index is 1390. The SMILES string of the molecule is Cc1ccc(-c2nc3cc(Cl)ccc3o2)cc1NC(=O)c1ccc2nsnc2c1. The van der Waals surface area contributed by atoms with Gasteiger partial charge in [-0.15, -0.1) is 0 Å². The van der Waals surface area contributed by atoms with Crippen LogP contribution in [-0.4, -0.2) is 19.6 Å². The summed E-state index contributed by atoms with van der Waals surface area (Å²) >= 11 is 7.15. The van der Waals surface area contributed by atoms with Crippen molar-refractivity contribution in [3.05, 3.63) is 70.7 Å². The first-order valence-corrected chi connectivity index (χ1v) is 9.88. The molecule has 1 amide bonds. The lowest BCUT2D eigenvalue weighted by Gasteiger charge is -2.09. The van der Waals surface area contributed by atoms with Crippen molar-refractivity contribution >= 4 is 57.1 Å². The lowest BCUT2D eigenvalue weighted by molar-refractivity contribution is 0.102. The van der Waals surface area contributed by atoms with Crippen LogP contribution in [0.2, 0.25) is 5.02 Å². The summed E-state index contributed by atoms with van der Waals surface area (Å²) in [7, 11) is 0. The van der Waals surface area contributed by atoms with Gasteiger partial charge in [0.2, 0.25) is 5.89 Å². The van der Waals surface area contributed by atoms with Gasteiger partial charge in [0.1, 0.15) is 16.6 Å². The monoisotopic (exact) mass is 420 g/mol. The lowest BCUT2D eigenvalue weighted by Crippen LogP contribution is -2.12. The maximum absolute atomic E-state index is 12.7. The summed E-state index contributed by atoms with van der Waals surface area (Å²) in [6.45, 7) is 1.93. The third kappa shape index (κ3) is 3.35. The Morgan fingerprint density at radius 3 is 2.76 bits per heavy atom. The van der Waals surface area contributed by atoms with Crippen molar-refractivity contribution in [2.24, 2.45) is 0 Å². The van der Waals surface area contributed by atoms with E-state index in [2.05, 4.69) is 19.0 Å². The molecule has 2 heterocycles. The summed E-state index contributed by atoms with van der Waals surface area (Å²) in [5.41, 5.74) is 5.72. The van der Waals surface area contributed by atoms with E-state index in [1.165, 1.54) is 0 Å². The molecule has 0 radical (unpaired) electrons. The summed E-state index contributed by atoms with van der Waals surface area (Å²) in [5, 5.41) is 3.56. The van der Waals surface area contributed by atoms with Crippen LogP contribution in [-0.2, 0) is 0 Å². The highest BCUT2D eigenvalue weighted by molar-refractivity contribution is 7.00. The van der Waals surface area contributed by atoms with Crippen LogP contribution in [0.3, 0.4) is 0 Å². The smallest absolute Gasteiger partial charge is 0.255 e. The van der Waals surface area contributed by atoms with E-state index in [0.717, 1.165) is 28.4 Å². The zero-order valence-electron chi connectivity index (χ0n) is 15.1. The van der Waals surface area contributed by atoms with Gasteiger partial charge in [0, 0.05) is 21.8 Å². The average Bonchev–Trinajstić information content (AvgIpc) is 3.35. The number of halogens is 1. The molecule has 0 aliphatic rings. The number of carbonyl (C=O) groups is 1. The number of anilines is 1. The molecule has 8 heteroatoms. The Morgan fingerprint density at radius 2 is 1.86 bits per heavy atom. The summed E-state index contributed by atoms with van der Waals surface area (Å²) in [4.78, 5) is 17.3. The van der Waals surface area contributed by atoms with Crippen molar-refractivity contribution in [3.8, 4) is 11.5 Å². The normalized spacial score (nSPS) is 11.2. The highest BCUT2D eigenvalue weighted by Gasteiger charge is 2.13. The van der Waals surface area contributed by atoms with E-state index in [9.17, 15) is 4.79 Å². The number of aryl methyl sites for hydroxylation is 1. The molecule has 0 saturated carbocycles. The topological polar surface area (TPSA) is 80.9 Å². The Balaban J connectivity index is 1.47. The van der Waals surface area contributed by atoms with Gasteiger partial charge in [0.05, 0.1) is 11.7 Å². The molecule has 0 atom stereocenters. The van der Waals surface area contributed by atoms with E-state index in [1.807, 2.05) is 25.1 Å². The lowest BCUT2D eigenvalue weighted by atomic mass is 10.1. The van der Waals surface area contributed by atoms with Crippen LogP contribution in [0.25, 0.3) is 33.6 Å². The van der Waals surface area contributed by atoms with Gasteiger partial charge in [0.25, 0.3) is 5.91 Å². The first-order chi connectivity index (χ1) is 14.1. The van der Waals surface area contributed by atoms with Crippen molar-refractivity contribution in [1.82, 2.24) is 13.7 Å². The number of rotatable bonds is 3. The largest absolute Gasteiger partial charge is 0.436 e. The van der Waals surface area contributed by atoms with E-state index < -0.39 is 0 Å². The molecular formula is C21H13ClN4O2S. The molecule has 0 unspecified atom stereocenters. The quantitative estimate of drug-likeness (QED) is 0.404. The molecule has 6 nitrogen and oxygen atoms in total. The number of carbonyl (C=O) groups excluding carboxylic acids is 1. The van der Waals surface area contributed by atoms with Crippen LogP contribution in [0.1, 0.15) is 15.9 Å². The minimum absolute atomic E-state index is 0.218. The molecular weight excluding hydrogens is 408 g/mol. The fourth-order valence-corrected chi connectivity index (χ4v) is 3.72. The van der Waals surface area contributed by atoms with Crippen LogP contribution < -0.4 is 5.32 Å². The van der Waals surface area contributed by atoms with Crippen molar-refractivity contribution in [1.29, 1.82) is 0 Å². The molecule has 3 aromatic carbocycles. The van der Waals surface area contributed by atoms with Gasteiger partial charge in [-0.25, -0.2) is 4.98 Å². The summed E-state index contributed by atoms with van der Waals surface area (Å²) < 4.78 is 14.2. The number of hydrogen-bond donors (Lipinski definition) is 1. The third-order valence-electron chi connectivity index (χ3n) is 4.60. The van der Waals surface area contributed by atoms with E-state index in [4.69, 9.17) is 16.0 Å². The summed E-state index contributed by atoms with van der Waals surface area (Å²) in [6, 6.07) is 16.2. The van der Waals surface area contributed by atoms with Crippen molar-refractivity contribution in [2.45, 2.75) is 6.92 Å². The van der Waals surface area contributed by atoms with Crippen LogP contribution in [0.4, 0.5) is 5.69 Å². The van der Waals surface area contributed by atoms with E-state index in [-0.39, 0.29) is 5.91 Å². The second-order valence-corrected chi connectivity index (χ2v) is 7.55. The highest BCUT2D eigenvalue weighted by atomic mass is 35.5. The van der Waals surface area contributed by atoms with Crippen LogP contribution in [0.15, 0.2) is 59.0 Å². The second kappa shape index (κ2) is 6.95. The highest BCUT2D eigenvalue weighted by Crippen LogP contribution is 2.29. The molecule has 2 aromatic heterocycles. The standard InChI is InChI=1S/C21H13ClN4O2S/c1-11-2-3-13(21-24-18-10-14(22)5-7-19(18)28-21)9-16(11)23-20(27)12-4-6-15-17(8-12)26-29-25-15/h2-10H,1H3,(H,23,27). The number of aromatic nitrogens is 3. The number of amides is 1. The molecule has 5 aromatic rings. The number of fused-ring (bicyclic) bond motifs is 2. The van der Waals surface area contributed by atoms with Crippen LogP contribution >= 0.6 is 23.3 Å². The van der Waals surface area contributed by atoms with E-state index in [1.54, 1.807) is 36.4 Å². The fraction of sp³-hybridized carbons (Fsp3) is 0.0476. The van der Waals surface area contributed by atoms with Crippen molar-refractivity contribution in [2.75, 3.05) is 5.32 Å². The maximum atomic E-state index is 12.7. The predicted octanol–water partition coefficient (Wildman–Crippen LogP) is 5.71. The van der Waals surface area contributed by atoms with Crippen molar-refractivity contribution < 1.29 is 9.21 Å². The molecule has 0 saturated heterocycles. The Kier molecular flexibility index (Phi) is 4.26. The fourth-order valence-electron chi connectivity index (χ4n) is 3.03. The molecule has 5 rings (SSSR count).